The summed E-state index contributed by atoms with van der Waals surface area (Å²) in [5, 5.41) is 11.9. The van der Waals surface area contributed by atoms with Crippen LogP contribution in [0.25, 0.3) is 0 Å². The number of nitrogens with one attached hydrogen (secondary N) is 1. The number of carbonyl (C=O) groups is 3. The number of aliphatic carboxylic acids is 1. The number of methoxy groups -OCH3 is 2. The van der Waals surface area contributed by atoms with Crippen LogP contribution in [0.2, 0.25) is 0 Å². The van der Waals surface area contributed by atoms with Crippen molar-refractivity contribution in [3.63, 3.8) is 0 Å². The van der Waals surface area contributed by atoms with Gasteiger partial charge in [0.05, 0.1) is 30.9 Å². The lowest BCUT2D eigenvalue weighted by Crippen LogP contribution is -2.36. The first-order valence-electron chi connectivity index (χ1n) is 9.28. The van der Waals surface area contributed by atoms with Gasteiger partial charge in [-0.2, -0.15) is 0 Å². The molecule has 1 saturated heterocycles. The molecule has 0 radical (unpaired) electrons. The monoisotopic (exact) mass is 392 g/mol. The van der Waals surface area contributed by atoms with Gasteiger partial charge in [-0.15, -0.1) is 0 Å². The Hall–Kier alpha value is -2.77. The van der Waals surface area contributed by atoms with Gasteiger partial charge in [0.1, 0.15) is 0 Å². The number of carboxylic acid groups (broad SMARTS) is 1. The lowest BCUT2D eigenvalue weighted by molar-refractivity contribution is -0.148. The summed E-state index contributed by atoms with van der Waals surface area (Å²) >= 11 is 0. The summed E-state index contributed by atoms with van der Waals surface area (Å²) in [6.45, 7) is 4.27. The average Bonchev–Trinajstić information content (AvgIpc) is 2.67. The van der Waals surface area contributed by atoms with Gasteiger partial charge in [-0.25, -0.2) is 0 Å². The highest BCUT2D eigenvalue weighted by Crippen LogP contribution is 2.35. The van der Waals surface area contributed by atoms with Gasteiger partial charge in [0, 0.05) is 25.6 Å². The van der Waals surface area contributed by atoms with Gasteiger partial charge < -0.3 is 24.8 Å². The molecule has 2 N–H and O–H groups in total. The Morgan fingerprint density at radius 2 is 1.64 bits per heavy atom. The topological polar surface area (TPSA) is 105 Å². The van der Waals surface area contributed by atoms with E-state index in [0.717, 1.165) is 19.3 Å². The molecule has 28 heavy (non-hydrogen) atoms. The van der Waals surface area contributed by atoms with Crippen LogP contribution >= 0.6 is 0 Å². The fourth-order valence-electron chi connectivity index (χ4n) is 3.10. The molecule has 8 nitrogen and oxygen atoms in total. The van der Waals surface area contributed by atoms with Crippen LogP contribution in [0.15, 0.2) is 12.1 Å². The maximum absolute atomic E-state index is 13.0. The van der Waals surface area contributed by atoms with Crippen molar-refractivity contribution in [1.29, 1.82) is 0 Å². The zero-order chi connectivity index (χ0) is 20.9. The second-order valence-corrected chi connectivity index (χ2v) is 7.52. The van der Waals surface area contributed by atoms with Crippen molar-refractivity contribution in [3.05, 3.63) is 17.7 Å². The quantitative estimate of drug-likeness (QED) is 0.739. The molecule has 0 atom stereocenters. The summed E-state index contributed by atoms with van der Waals surface area (Å²) in [6, 6.07) is 3.08. The van der Waals surface area contributed by atoms with Gasteiger partial charge in [0.25, 0.3) is 5.91 Å². The van der Waals surface area contributed by atoms with Crippen LogP contribution in [0, 0.1) is 5.41 Å². The average molecular weight is 392 g/mol. The number of likely N-dealkylation sites (tertiary alicyclic amines) is 1. The number of hydrogen-bond donors (Lipinski definition) is 2. The van der Waals surface area contributed by atoms with Gasteiger partial charge in [-0.3, -0.25) is 14.4 Å². The van der Waals surface area contributed by atoms with Crippen molar-refractivity contribution < 1.29 is 29.0 Å². The second kappa shape index (κ2) is 8.95. The molecule has 1 aromatic carbocycles. The molecular weight excluding hydrogens is 364 g/mol. The zero-order valence-electron chi connectivity index (χ0n) is 16.8. The number of rotatable bonds is 7. The third-order valence-corrected chi connectivity index (χ3v) is 4.85. The van der Waals surface area contributed by atoms with Gasteiger partial charge in [-0.1, -0.05) is 0 Å². The Balaban J connectivity index is 2.36. The first-order valence-corrected chi connectivity index (χ1v) is 9.28. The minimum atomic E-state index is -1.22. The molecule has 0 unspecified atom stereocenters. The van der Waals surface area contributed by atoms with Crippen molar-refractivity contribution in [2.75, 3.05) is 32.6 Å². The van der Waals surface area contributed by atoms with Crippen LogP contribution in [-0.4, -0.2) is 55.1 Å². The van der Waals surface area contributed by atoms with Crippen LogP contribution in [0.1, 0.15) is 49.9 Å². The van der Waals surface area contributed by atoms with Crippen molar-refractivity contribution in [2.24, 2.45) is 5.41 Å². The Morgan fingerprint density at radius 1 is 1.07 bits per heavy atom. The molecule has 154 valence electrons. The van der Waals surface area contributed by atoms with E-state index in [0.29, 0.717) is 30.2 Å². The SMILES string of the molecule is COc1cc(NC(=O)CC(C)(C)C(=O)O)c(C(=O)N2CCCCC2)cc1OC. The van der Waals surface area contributed by atoms with Crippen molar-refractivity contribution in [3.8, 4) is 11.5 Å². The summed E-state index contributed by atoms with van der Waals surface area (Å²) in [5.74, 6) is -1.02. The first-order chi connectivity index (χ1) is 13.2. The molecule has 0 spiro atoms. The molecule has 1 aromatic rings. The highest BCUT2D eigenvalue weighted by Gasteiger charge is 2.31. The highest BCUT2D eigenvalue weighted by molar-refractivity contribution is 6.05. The maximum atomic E-state index is 13.0. The Morgan fingerprint density at radius 3 is 2.18 bits per heavy atom. The molecule has 1 fully saturated rings. The minimum Gasteiger partial charge on any atom is -0.493 e. The number of hydrogen-bond acceptors (Lipinski definition) is 5. The first kappa shape index (κ1) is 21.5. The molecule has 1 aliphatic rings. The number of nitrogens with zero attached hydrogens (tertiary/aromatic N) is 1. The maximum Gasteiger partial charge on any atom is 0.309 e. The lowest BCUT2D eigenvalue weighted by Gasteiger charge is -2.28. The van der Waals surface area contributed by atoms with E-state index in [4.69, 9.17) is 9.47 Å². The Labute approximate surface area is 164 Å². The van der Waals surface area contributed by atoms with Crippen LogP contribution in [0.5, 0.6) is 11.5 Å². The standard InChI is InChI=1S/C20H28N2O6/c1-20(2,19(25)26)12-17(23)21-14-11-16(28-4)15(27-3)10-13(14)18(24)22-8-6-5-7-9-22/h10-11H,5-9,12H2,1-4H3,(H,21,23)(H,25,26). The van der Waals surface area contributed by atoms with E-state index >= 15 is 0 Å². The zero-order valence-corrected chi connectivity index (χ0v) is 16.8. The van der Waals surface area contributed by atoms with E-state index in [9.17, 15) is 19.5 Å². The van der Waals surface area contributed by atoms with Crippen molar-refractivity contribution >= 4 is 23.5 Å². The third kappa shape index (κ3) is 4.94. The molecule has 2 rings (SSSR count). The van der Waals surface area contributed by atoms with E-state index in [2.05, 4.69) is 5.32 Å². The van der Waals surface area contributed by atoms with Gasteiger partial charge in [0.2, 0.25) is 5.91 Å². The predicted octanol–water partition coefficient (Wildman–Crippen LogP) is 2.77. The summed E-state index contributed by atoms with van der Waals surface area (Å²) in [7, 11) is 2.93. The number of piperidine rings is 1. The summed E-state index contributed by atoms with van der Waals surface area (Å²) in [6.07, 6.45) is 2.73. The van der Waals surface area contributed by atoms with Crippen LogP contribution in [-0.2, 0) is 9.59 Å². The molecule has 0 aliphatic carbocycles. The fraction of sp³-hybridized carbons (Fsp3) is 0.550. The van der Waals surface area contributed by atoms with Crippen molar-refractivity contribution in [1.82, 2.24) is 4.90 Å². The van der Waals surface area contributed by atoms with Gasteiger partial charge in [-0.05, 0) is 39.2 Å². The number of carboxylic acids is 1. The van der Waals surface area contributed by atoms with E-state index in [1.165, 1.54) is 34.1 Å². The Kier molecular flexibility index (Phi) is 6.88. The van der Waals surface area contributed by atoms with E-state index in [1.54, 1.807) is 11.0 Å². The van der Waals surface area contributed by atoms with E-state index < -0.39 is 17.3 Å². The molecular formula is C20H28N2O6. The largest absolute Gasteiger partial charge is 0.493 e. The molecule has 0 saturated carbocycles. The number of anilines is 1. The van der Waals surface area contributed by atoms with Gasteiger partial charge in [0.15, 0.2) is 11.5 Å². The smallest absolute Gasteiger partial charge is 0.309 e. The van der Waals surface area contributed by atoms with Crippen LogP contribution < -0.4 is 14.8 Å². The molecule has 2 amide bonds. The highest BCUT2D eigenvalue weighted by atomic mass is 16.5. The van der Waals surface area contributed by atoms with Gasteiger partial charge >= 0.3 is 5.97 Å². The minimum absolute atomic E-state index is 0.201. The van der Waals surface area contributed by atoms with Crippen LogP contribution in [0.4, 0.5) is 5.69 Å². The van der Waals surface area contributed by atoms with Crippen LogP contribution in [0.3, 0.4) is 0 Å². The summed E-state index contributed by atoms with van der Waals surface area (Å²) in [5.41, 5.74) is -0.655. The summed E-state index contributed by atoms with van der Waals surface area (Å²) in [4.78, 5) is 38.6. The predicted molar refractivity (Wildman–Crippen MR) is 104 cm³/mol. The molecule has 0 bridgehead atoms. The van der Waals surface area contributed by atoms with Crippen molar-refractivity contribution in [2.45, 2.75) is 39.5 Å². The second-order valence-electron chi connectivity index (χ2n) is 7.52. The lowest BCUT2D eigenvalue weighted by atomic mass is 9.89. The molecule has 0 aromatic heterocycles. The molecule has 1 aliphatic heterocycles. The molecule has 8 heteroatoms. The fourth-order valence-corrected chi connectivity index (χ4v) is 3.10. The number of benzene rings is 1. The normalized spacial score (nSPS) is 14.4. The van der Waals surface area contributed by atoms with E-state index in [-0.39, 0.29) is 18.0 Å². The van der Waals surface area contributed by atoms with E-state index in [1.807, 2.05) is 0 Å². The third-order valence-electron chi connectivity index (χ3n) is 4.85. The summed E-state index contributed by atoms with van der Waals surface area (Å²) < 4.78 is 10.6. The molecule has 1 heterocycles. The number of ether oxygens (including phenoxy) is 2. The Bertz CT molecular complexity index is 753. The number of amides is 2. The number of carbonyl (C=O) groups excluding carboxylic acids is 2.